The van der Waals surface area contributed by atoms with Crippen LogP contribution in [0.4, 0.5) is 0 Å². The molecule has 1 nitrogen and oxygen atoms in total. The molecule has 0 aliphatic heterocycles. The van der Waals surface area contributed by atoms with E-state index in [0.717, 1.165) is 16.1 Å². The third kappa shape index (κ3) is 3.02. The van der Waals surface area contributed by atoms with Crippen LogP contribution in [0.2, 0.25) is 5.02 Å². The van der Waals surface area contributed by atoms with Gasteiger partial charge in [-0.3, -0.25) is 0 Å². The molecule has 1 unspecified atom stereocenters. The summed E-state index contributed by atoms with van der Waals surface area (Å²) in [7, 11) is 0. The molecule has 1 aliphatic carbocycles. The van der Waals surface area contributed by atoms with Crippen LogP contribution >= 0.6 is 11.6 Å². The molecule has 1 aliphatic rings. The molecule has 0 aromatic heterocycles. The Kier molecular flexibility index (Phi) is 4.47. The van der Waals surface area contributed by atoms with Gasteiger partial charge in [-0.1, -0.05) is 55.5 Å². The lowest BCUT2D eigenvalue weighted by Crippen LogP contribution is -2.21. The number of halogens is 1. The topological polar surface area (TPSA) is 26.0 Å². The van der Waals surface area contributed by atoms with E-state index in [1.165, 1.54) is 38.5 Å². The van der Waals surface area contributed by atoms with Gasteiger partial charge < -0.3 is 5.73 Å². The number of nitrogens with two attached hydrogens (primary N) is 1. The Morgan fingerprint density at radius 3 is 2.47 bits per heavy atom. The zero-order valence-electron chi connectivity index (χ0n) is 10.6. The van der Waals surface area contributed by atoms with E-state index in [9.17, 15) is 0 Å². The molecule has 0 spiro atoms. The normalized spacial score (nSPS) is 19.9. The van der Waals surface area contributed by atoms with Crippen LogP contribution in [-0.2, 0) is 0 Å². The van der Waals surface area contributed by atoms with Gasteiger partial charge in [0.15, 0.2) is 0 Å². The Morgan fingerprint density at radius 2 is 1.82 bits per heavy atom. The molecule has 94 valence electrons. The highest BCUT2D eigenvalue weighted by Crippen LogP contribution is 2.35. The van der Waals surface area contributed by atoms with Crippen molar-refractivity contribution in [2.45, 2.75) is 51.5 Å². The van der Waals surface area contributed by atoms with Crippen LogP contribution in [0.15, 0.2) is 18.2 Å². The van der Waals surface area contributed by atoms with Crippen molar-refractivity contribution in [3.05, 3.63) is 34.3 Å². The van der Waals surface area contributed by atoms with E-state index >= 15 is 0 Å². The lowest BCUT2D eigenvalue weighted by atomic mass is 9.87. The van der Waals surface area contributed by atoms with Crippen LogP contribution in [0.25, 0.3) is 0 Å². The lowest BCUT2D eigenvalue weighted by molar-refractivity contribution is 0.382. The van der Waals surface area contributed by atoms with Crippen LogP contribution in [0.5, 0.6) is 0 Å². The predicted octanol–water partition coefficient (Wildman–Crippen LogP) is 4.62. The molecule has 1 aromatic rings. The van der Waals surface area contributed by atoms with Crippen molar-refractivity contribution in [3.8, 4) is 0 Å². The summed E-state index contributed by atoms with van der Waals surface area (Å²) in [6.07, 6.45) is 7.88. The first-order chi connectivity index (χ1) is 8.20. The first kappa shape index (κ1) is 12.9. The van der Waals surface area contributed by atoms with E-state index < -0.39 is 0 Å². The summed E-state index contributed by atoms with van der Waals surface area (Å²) in [5.74, 6) is 0.608. The molecular formula is C15H22ClN. The van der Waals surface area contributed by atoms with Crippen LogP contribution in [-0.4, -0.2) is 0 Å². The van der Waals surface area contributed by atoms with Crippen LogP contribution in [0.1, 0.15) is 55.7 Å². The Balaban J connectivity index is 2.17. The highest BCUT2D eigenvalue weighted by Gasteiger charge is 2.22. The number of hydrogen-bond acceptors (Lipinski definition) is 1. The summed E-state index contributed by atoms with van der Waals surface area (Å²) in [6, 6.07) is 6.31. The second-order valence-electron chi connectivity index (χ2n) is 5.26. The maximum absolute atomic E-state index is 6.42. The minimum atomic E-state index is 0.112. The molecule has 0 radical (unpaired) electrons. The predicted molar refractivity (Wildman–Crippen MR) is 74.3 cm³/mol. The Bertz CT molecular complexity index is 367. The maximum Gasteiger partial charge on any atom is 0.0483 e. The first-order valence-electron chi connectivity index (χ1n) is 6.70. The van der Waals surface area contributed by atoms with E-state index in [1.54, 1.807) is 0 Å². The molecular weight excluding hydrogens is 230 g/mol. The van der Waals surface area contributed by atoms with Gasteiger partial charge in [-0.05, 0) is 36.8 Å². The summed E-state index contributed by atoms with van der Waals surface area (Å²) in [4.78, 5) is 0. The van der Waals surface area contributed by atoms with Gasteiger partial charge >= 0.3 is 0 Å². The Morgan fingerprint density at radius 1 is 1.18 bits per heavy atom. The largest absolute Gasteiger partial charge is 0.324 e. The van der Waals surface area contributed by atoms with Crippen LogP contribution in [0.3, 0.4) is 0 Å². The van der Waals surface area contributed by atoms with Gasteiger partial charge in [0.25, 0.3) is 0 Å². The van der Waals surface area contributed by atoms with Gasteiger partial charge in [0.05, 0.1) is 0 Å². The molecule has 2 N–H and O–H groups in total. The molecule has 17 heavy (non-hydrogen) atoms. The van der Waals surface area contributed by atoms with E-state index in [1.807, 2.05) is 13.0 Å². The second-order valence-corrected chi connectivity index (χ2v) is 5.63. The molecule has 1 fully saturated rings. The third-order valence-electron chi connectivity index (χ3n) is 3.99. The van der Waals surface area contributed by atoms with E-state index in [4.69, 9.17) is 17.3 Å². The van der Waals surface area contributed by atoms with Gasteiger partial charge in [0.2, 0.25) is 0 Å². The fourth-order valence-corrected chi connectivity index (χ4v) is 3.10. The molecule has 2 rings (SSSR count). The van der Waals surface area contributed by atoms with Crippen molar-refractivity contribution in [1.29, 1.82) is 0 Å². The molecule has 2 heteroatoms. The monoisotopic (exact) mass is 251 g/mol. The highest BCUT2D eigenvalue weighted by molar-refractivity contribution is 6.32. The van der Waals surface area contributed by atoms with Gasteiger partial charge in [0.1, 0.15) is 0 Å². The van der Waals surface area contributed by atoms with Crippen LogP contribution < -0.4 is 5.73 Å². The molecule has 0 bridgehead atoms. The SMILES string of the molecule is Cc1cccc(C(N)C2CCCCCC2)c1Cl. The molecule has 1 saturated carbocycles. The van der Waals surface area contributed by atoms with Crippen molar-refractivity contribution in [2.24, 2.45) is 11.7 Å². The van der Waals surface area contributed by atoms with Crippen molar-refractivity contribution in [2.75, 3.05) is 0 Å². The average Bonchev–Trinajstić information content (AvgIpc) is 2.60. The minimum Gasteiger partial charge on any atom is -0.324 e. The van der Waals surface area contributed by atoms with Crippen molar-refractivity contribution >= 4 is 11.6 Å². The van der Waals surface area contributed by atoms with Gasteiger partial charge in [-0.2, -0.15) is 0 Å². The van der Waals surface area contributed by atoms with Gasteiger partial charge in [-0.25, -0.2) is 0 Å². The molecule has 0 amide bonds. The van der Waals surface area contributed by atoms with Gasteiger partial charge in [-0.15, -0.1) is 0 Å². The fraction of sp³-hybridized carbons (Fsp3) is 0.600. The van der Waals surface area contributed by atoms with E-state index in [0.29, 0.717) is 5.92 Å². The Labute approximate surface area is 109 Å². The third-order valence-corrected chi connectivity index (χ3v) is 4.50. The summed E-state index contributed by atoms with van der Waals surface area (Å²) >= 11 is 6.37. The quantitative estimate of drug-likeness (QED) is 0.763. The smallest absolute Gasteiger partial charge is 0.0483 e. The van der Waals surface area contributed by atoms with E-state index in [-0.39, 0.29) is 6.04 Å². The maximum atomic E-state index is 6.42. The lowest BCUT2D eigenvalue weighted by Gasteiger charge is -2.24. The number of aryl methyl sites for hydroxylation is 1. The van der Waals surface area contributed by atoms with Crippen molar-refractivity contribution in [1.82, 2.24) is 0 Å². The zero-order valence-corrected chi connectivity index (χ0v) is 11.3. The number of hydrogen-bond donors (Lipinski definition) is 1. The van der Waals surface area contributed by atoms with Crippen LogP contribution in [0, 0.1) is 12.8 Å². The molecule has 0 heterocycles. The molecule has 0 saturated heterocycles. The molecule has 1 atom stereocenters. The Hall–Kier alpha value is -0.530. The first-order valence-corrected chi connectivity index (χ1v) is 7.08. The van der Waals surface area contributed by atoms with Crippen molar-refractivity contribution in [3.63, 3.8) is 0 Å². The zero-order chi connectivity index (χ0) is 12.3. The average molecular weight is 252 g/mol. The number of benzene rings is 1. The summed E-state index contributed by atoms with van der Waals surface area (Å²) in [5, 5.41) is 0.865. The number of rotatable bonds is 2. The summed E-state index contributed by atoms with van der Waals surface area (Å²) in [6.45, 7) is 2.05. The standard InChI is InChI=1S/C15H22ClN/c1-11-7-6-10-13(14(11)16)15(17)12-8-4-2-3-5-9-12/h6-7,10,12,15H,2-5,8-9,17H2,1H3. The highest BCUT2D eigenvalue weighted by atomic mass is 35.5. The van der Waals surface area contributed by atoms with Gasteiger partial charge in [0, 0.05) is 11.1 Å². The van der Waals surface area contributed by atoms with Crippen molar-refractivity contribution < 1.29 is 0 Å². The summed E-state index contributed by atoms with van der Waals surface area (Å²) in [5.41, 5.74) is 8.69. The summed E-state index contributed by atoms with van der Waals surface area (Å²) < 4.78 is 0. The minimum absolute atomic E-state index is 0.112. The van der Waals surface area contributed by atoms with E-state index in [2.05, 4.69) is 12.1 Å². The second kappa shape index (κ2) is 5.88. The molecule has 1 aromatic carbocycles. The fourth-order valence-electron chi connectivity index (χ4n) is 2.85.